The first-order chi connectivity index (χ1) is 9.79. The third kappa shape index (κ3) is 5.19. The van der Waals surface area contributed by atoms with E-state index in [1.807, 2.05) is 6.07 Å². The van der Waals surface area contributed by atoms with Gasteiger partial charge in [0.05, 0.1) is 6.10 Å². The molecule has 0 aliphatic rings. The Morgan fingerprint density at radius 1 is 1.05 bits per heavy atom. The highest BCUT2D eigenvalue weighted by atomic mass is 127. The van der Waals surface area contributed by atoms with Gasteiger partial charge in [0, 0.05) is 15.5 Å². The van der Waals surface area contributed by atoms with Crippen LogP contribution in [-0.2, 0) is 11.2 Å². The van der Waals surface area contributed by atoms with Gasteiger partial charge in [-0.15, -0.1) is 0 Å². The monoisotopic (exact) mass is 444 g/mol. The first-order valence-electron chi connectivity index (χ1n) is 6.76. The SMILES string of the molecule is Brc1cccc(C(CI)OCCCc2ccccc2)c1. The van der Waals surface area contributed by atoms with Crippen molar-refractivity contribution >= 4 is 38.5 Å². The fourth-order valence-corrected chi connectivity index (χ4v) is 3.26. The van der Waals surface area contributed by atoms with E-state index in [-0.39, 0.29) is 6.10 Å². The number of alkyl halides is 1. The number of hydrogen-bond donors (Lipinski definition) is 0. The molecule has 0 saturated heterocycles. The molecule has 0 spiro atoms. The normalized spacial score (nSPS) is 12.3. The van der Waals surface area contributed by atoms with Gasteiger partial charge in [-0.25, -0.2) is 0 Å². The molecule has 0 aliphatic heterocycles. The molecule has 1 nitrogen and oxygen atoms in total. The molecule has 1 atom stereocenters. The second-order valence-corrected chi connectivity index (χ2v) is 6.45. The van der Waals surface area contributed by atoms with Gasteiger partial charge in [0.25, 0.3) is 0 Å². The second-order valence-electron chi connectivity index (χ2n) is 4.66. The highest BCUT2D eigenvalue weighted by Gasteiger charge is 2.10. The molecule has 106 valence electrons. The lowest BCUT2D eigenvalue weighted by atomic mass is 10.1. The van der Waals surface area contributed by atoms with Crippen molar-refractivity contribution in [1.82, 2.24) is 0 Å². The molecule has 2 rings (SSSR count). The van der Waals surface area contributed by atoms with Crippen LogP contribution in [0.1, 0.15) is 23.7 Å². The molecule has 1 unspecified atom stereocenters. The summed E-state index contributed by atoms with van der Waals surface area (Å²) in [6, 6.07) is 18.9. The zero-order valence-electron chi connectivity index (χ0n) is 11.3. The third-order valence-electron chi connectivity index (χ3n) is 3.13. The van der Waals surface area contributed by atoms with E-state index >= 15 is 0 Å². The Labute approximate surface area is 143 Å². The number of rotatable bonds is 7. The van der Waals surface area contributed by atoms with Crippen molar-refractivity contribution in [2.24, 2.45) is 0 Å². The van der Waals surface area contributed by atoms with Crippen LogP contribution in [0, 0.1) is 0 Å². The lowest BCUT2D eigenvalue weighted by Crippen LogP contribution is -2.07. The molecule has 0 radical (unpaired) electrons. The number of halogens is 2. The van der Waals surface area contributed by atoms with Gasteiger partial charge < -0.3 is 4.74 Å². The summed E-state index contributed by atoms with van der Waals surface area (Å²) >= 11 is 5.90. The smallest absolute Gasteiger partial charge is 0.0914 e. The third-order valence-corrected chi connectivity index (χ3v) is 4.43. The molecular formula is C17H18BrIO. The number of benzene rings is 2. The Hall–Kier alpha value is -0.390. The summed E-state index contributed by atoms with van der Waals surface area (Å²) in [7, 11) is 0. The van der Waals surface area contributed by atoms with E-state index in [2.05, 4.69) is 87.1 Å². The quantitative estimate of drug-likeness (QED) is 0.308. The van der Waals surface area contributed by atoms with Gasteiger partial charge in [-0.3, -0.25) is 0 Å². The molecule has 0 aliphatic carbocycles. The maximum Gasteiger partial charge on any atom is 0.0914 e. The van der Waals surface area contributed by atoms with Crippen LogP contribution in [0.3, 0.4) is 0 Å². The zero-order chi connectivity index (χ0) is 14.2. The topological polar surface area (TPSA) is 9.23 Å². The largest absolute Gasteiger partial charge is 0.373 e. The van der Waals surface area contributed by atoms with Gasteiger partial charge in [0.15, 0.2) is 0 Å². The fourth-order valence-electron chi connectivity index (χ4n) is 2.08. The Morgan fingerprint density at radius 3 is 2.55 bits per heavy atom. The predicted molar refractivity (Wildman–Crippen MR) is 96.5 cm³/mol. The summed E-state index contributed by atoms with van der Waals surface area (Å²) in [6.45, 7) is 0.801. The molecule has 0 fully saturated rings. The van der Waals surface area contributed by atoms with E-state index < -0.39 is 0 Å². The fraction of sp³-hybridized carbons (Fsp3) is 0.294. The average Bonchev–Trinajstić information content (AvgIpc) is 2.48. The van der Waals surface area contributed by atoms with Crippen LogP contribution in [0.25, 0.3) is 0 Å². The van der Waals surface area contributed by atoms with Gasteiger partial charge in [0.2, 0.25) is 0 Å². The van der Waals surface area contributed by atoms with Crippen molar-refractivity contribution in [3.8, 4) is 0 Å². The Morgan fingerprint density at radius 2 is 1.85 bits per heavy atom. The lowest BCUT2D eigenvalue weighted by Gasteiger charge is -2.16. The van der Waals surface area contributed by atoms with Crippen LogP contribution < -0.4 is 0 Å². The molecule has 2 aromatic rings. The molecular weight excluding hydrogens is 427 g/mol. The molecule has 0 N–H and O–H groups in total. The van der Waals surface area contributed by atoms with Crippen LogP contribution in [0.4, 0.5) is 0 Å². The van der Waals surface area contributed by atoms with Crippen molar-refractivity contribution in [1.29, 1.82) is 0 Å². The minimum Gasteiger partial charge on any atom is -0.373 e. The lowest BCUT2D eigenvalue weighted by molar-refractivity contribution is 0.0693. The van der Waals surface area contributed by atoms with Crippen LogP contribution >= 0.6 is 38.5 Å². The standard InChI is InChI=1S/C17H18BrIO/c18-16-10-4-9-15(12-16)17(13-19)20-11-5-8-14-6-2-1-3-7-14/h1-4,6-7,9-10,12,17H,5,8,11,13H2. The minimum atomic E-state index is 0.184. The molecule has 3 heteroatoms. The second kappa shape index (κ2) is 8.80. The molecule has 20 heavy (non-hydrogen) atoms. The zero-order valence-corrected chi connectivity index (χ0v) is 15.0. The van der Waals surface area contributed by atoms with Crippen LogP contribution in [-0.4, -0.2) is 11.0 Å². The van der Waals surface area contributed by atoms with Crippen LogP contribution in [0.2, 0.25) is 0 Å². The molecule has 0 saturated carbocycles. The van der Waals surface area contributed by atoms with Crippen LogP contribution in [0.5, 0.6) is 0 Å². The van der Waals surface area contributed by atoms with Gasteiger partial charge in [-0.05, 0) is 36.1 Å². The Balaban J connectivity index is 1.80. The van der Waals surface area contributed by atoms with Crippen LogP contribution in [0.15, 0.2) is 59.1 Å². The Bertz CT molecular complexity index is 515. The highest BCUT2D eigenvalue weighted by Crippen LogP contribution is 2.23. The number of ether oxygens (including phenoxy) is 1. The number of aryl methyl sites for hydroxylation is 1. The van der Waals surface area contributed by atoms with E-state index in [4.69, 9.17) is 4.74 Å². The molecule has 2 aromatic carbocycles. The van der Waals surface area contributed by atoms with Crippen molar-refractivity contribution in [2.75, 3.05) is 11.0 Å². The van der Waals surface area contributed by atoms with E-state index in [1.165, 1.54) is 11.1 Å². The van der Waals surface area contributed by atoms with Gasteiger partial charge in [-0.1, -0.05) is 81.0 Å². The van der Waals surface area contributed by atoms with Gasteiger partial charge in [-0.2, -0.15) is 0 Å². The van der Waals surface area contributed by atoms with E-state index in [9.17, 15) is 0 Å². The average molecular weight is 445 g/mol. The molecule has 0 bridgehead atoms. The highest BCUT2D eigenvalue weighted by molar-refractivity contribution is 14.1. The summed E-state index contributed by atoms with van der Waals surface area (Å²) in [5.74, 6) is 0. The van der Waals surface area contributed by atoms with E-state index in [0.717, 1.165) is 28.3 Å². The van der Waals surface area contributed by atoms with Crippen molar-refractivity contribution in [3.05, 3.63) is 70.2 Å². The molecule has 0 aromatic heterocycles. The van der Waals surface area contributed by atoms with E-state index in [1.54, 1.807) is 0 Å². The van der Waals surface area contributed by atoms with Crippen molar-refractivity contribution in [3.63, 3.8) is 0 Å². The summed E-state index contributed by atoms with van der Waals surface area (Å²) in [4.78, 5) is 0. The van der Waals surface area contributed by atoms with Crippen molar-refractivity contribution < 1.29 is 4.74 Å². The first kappa shape index (κ1) is 16.0. The van der Waals surface area contributed by atoms with Crippen molar-refractivity contribution in [2.45, 2.75) is 18.9 Å². The maximum atomic E-state index is 6.03. The summed E-state index contributed by atoms with van der Waals surface area (Å²) in [6.07, 6.45) is 2.32. The summed E-state index contributed by atoms with van der Waals surface area (Å²) in [5.41, 5.74) is 2.62. The maximum absolute atomic E-state index is 6.03. The summed E-state index contributed by atoms with van der Waals surface area (Å²) in [5, 5.41) is 0. The van der Waals surface area contributed by atoms with Gasteiger partial charge >= 0.3 is 0 Å². The summed E-state index contributed by atoms with van der Waals surface area (Å²) < 4.78 is 8.11. The predicted octanol–water partition coefficient (Wildman–Crippen LogP) is 5.57. The number of hydrogen-bond acceptors (Lipinski definition) is 1. The first-order valence-corrected chi connectivity index (χ1v) is 9.08. The molecule has 0 heterocycles. The molecule has 0 amide bonds. The van der Waals surface area contributed by atoms with E-state index in [0.29, 0.717) is 0 Å². The van der Waals surface area contributed by atoms with Gasteiger partial charge in [0.1, 0.15) is 0 Å². The minimum absolute atomic E-state index is 0.184. The Kier molecular flexibility index (Phi) is 7.03.